The number of ether oxygens (including phenoxy) is 1. The fourth-order valence-electron chi connectivity index (χ4n) is 4.98. The Morgan fingerprint density at radius 3 is 2.35 bits per heavy atom. The minimum Gasteiger partial charge on any atom is -0.386 e. The van der Waals surface area contributed by atoms with Gasteiger partial charge in [0.1, 0.15) is 24.1 Å². The first-order valence-corrected chi connectivity index (χ1v) is 13.6. The van der Waals surface area contributed by atoms with Crippen molar-refractivity contribution < 1.29 is 24.3 Å². The number of anilines is 1. The van der Waals surface area contributed by atoms with Crippen LogP contribution in [-0.2, 0) is 19.2 Å². The first kappa shape index (κ1) is 30.9. The van der Waals surface area contributed by atoms with Crippen molar-refractivity contribution in [1.82, 2.24) is 0 Å². The number of carbonyl (C=O) groups is 2. The zero-order valence-electron chi connectivity index (χ0n) is 23.9. The van der Waals surface area contributed by atoms with Gasteiger partial charge in [0.05, 0.1) is 11.7 Å². The van der Waals surface area contributed by atoms with Crippen molar-refractivity contribution in [2.45, 2.75) is 98.5 Å². The Morgan fingerprint density at radius 2 is 1.78 bits per heavy atom. The molecule has 0 saturated carbocycles. The summed E-state index contributed by atoms with van der Waals surface area (Å²) in [4.78, 5) is 31.5. The number of methoxy groups -OCH3 is 1. The molecule has 1 aliphatic heterocycles. The predicted molar refractivity (Wildman–Crippen MR) is 149 cm³/mol. The SMILES string of the molecule is CC/C(C)=C/C1CCC([C@@H](C)CC(C)C(=O)[C@H](OC)C(O)/C(C)=C/[C@@H](C)C(C)=O)N(c2ccccc2)O1. The zero-order valence-corrected chi connectivity index (χ0v) is 23.9. The number of rotatable bonds is 13. The van der Waals surface area contributed by atoms with E-state index < -0.39 is 12.2 Å². The highest BCUT2D eigenvalue weighted by Crippen LogP contribution is 2.34. The van der Waals surface area contributed by atoms with Gasteiger partial charge < -0.3 is 9.84 Å². The molecule has 1 heterocycles. The molecule has 0 bridgehead atoms. The van der Waals surface area contributed by atoms with Crippen LogP contribution in [0.1, 0.15) is 74.1 Å². The largest absolute Gasteiger partial charge is 0.386 e. The molecule has 1 fully saturated rings. The van der Waals surface area contributed by atoms with Crippen molar-refractivity contribution in [2.75, 3.05) is 12.2 Å². The van der Waals surface area contributed by atoms with Gasteiger partial charge in [-0.05, 0) is 70.1 Å². The third kappa shape index (κ3) is 8.62. The lowest BCUT2D eigenvalue weighted by atomic mass is 9.83. The van der Waals surface area contributed by atoms with Crippen LogP contribution >= 0.6 is 0 Å². The fourth-order valence-corrected chi connectivity index (χ4v) is 4.98. The molecule has 0 radical (unpaired) electrons. The third-order valence-electron chi connectivity index (χ3n) is 7.65. The van der Waals surface area contributed by atoms with Gasteiger partial charge in [-0.3, -0.25) is 19.5 Å². The van der Waals surface area contributed by atoms with E-state index in [-0.39, 0.29) is 41.5 Å². The lowest BCUT2D eigenvalue weighted by molar-refractivity contribution is -0.138. The van der Waals surface area contributed by atoms with E-state index in [1.807, 2.05) is 30.2 Å². The van der Waals surface area contributed by atoms with Gasteiger partial charge in [0, 0.05) is 18.9 Å². The van der Waals surface area contributed by atoms with Gasteiger partial charge in [0.15, 0.2) is 5.78 Å². The van der Waals surface area contributed by atoms with Crippen molar-refractivity contribution in [3.8, 4) is 0 Å². The van der Waals surface area contributed by atoms with Crippen LogP contribution in [0.25, 0.3) is 0 Å². The van der Waals surface area contributed by atoms with E-state index in [9.17, 15) is 14.7 Å². The van der Waals surface area contributed by atoms with E-state index in [0.29, 0.717) is 12.0 Å². The molecule has 4 unspecified atom stereocenters. The Hall–Kier alpha value is -2.28. The minimum absolute atomic E-state index is 0.00860. The van der Waals surface area contributed by atoms with Crippen LogP contribution in [0, 0.1) is 17.8 Å². The molecule has 37 heavy (non-hydrogen) atoms. The number of ketones is 2. The van der Waals surface area contributed by atoms with Crippen LogP contribution in [0.4, 0.5) is 5.69 Å². The van der Waals surface area contributed by atoms with Gasteiger partial charge in [-0.25, -0.2) is 0 Å². The second kappa shape index (κ2) is 14.6. The van der Waals surface area contributed by atoms with E-state index in [2.05, 4.69) is 39.0 Å². The van der Waals surface area contributed by atoms with Crippen molar-refractivity contribution in [2.24, 2.45) is 17.8 Å². The number of hydrogen-bond donors (Lipinski definition) is 1. The number of benzene rings is 1. The summed E-state index contributed by atoms with van der Waals surface area (Å²) in [7, 11) is 1.45. The number of hydroxylamine groups is 1. The quantitative estimate of drug-likeness (QED) is 0.322. The molecule has 0 aliphatic carbocycles. The van der Waals surface area contributed by atoms with E-state index in [0.717, 1.165) is 24.9 Å². The summed E-state index contributed by atoms with van der Waals surface area (Å²) in [6.45, 7) is 13.4. The number of carbonyl (C=O) groups excluding carboxylic acids is 2. The number of aliphatic hydroxyl groups excluding tert-OH is 1. The zero-order chi connectivity index (χ0) is 27.7. The molecule has 0 spiro atoms. The average Bonchev–Trinajstić information content (AvgIpc) is 2.88. The van der Waals surface area contributed by atoms with Crippen LogP contribution in [0.3, 0.4) is 0 Å². The standard InChI is InChI=1S/C31H47NO5/c1-9-20(2)17-27-15-16-28(32(37-27)26-13-11-10-12-14-26)22(4)19-24(6)30(35)31(36-8)29(34)23(5)18-21(3)25(7)33/h10-14,17-18,21-22,24,27-29,31,34H,9,15-16,19H2,1-8H3/b20-17+,23-18+/t21-,22+,24?,27?,28?,29?,31-/m1/s1. The minimum atomic E-state index is -1.09. The summed E-state index contributed by atoms with van der Waals surface area (Å²) in [5, 5.41) is 12.9. The second-order valence-electron chi connectivity index (χ2n) is 10.7. The summed E-state index contributed by atoms with van der Waals surface area (Å²) in [6, 6.07) is 10.2. The number of allylic oxidation sites excluding steroid dienone is 2. The summed E-state index contributed by atoms with van der Waals surface area (Å²) >= 11 is 0. The summed E-state index contributed by atoms with van der Waals surface area (Å²) < 4.78 is 5.47. The maximum Gasteiger partial charge on any atom is 0.167 e. The summed E-state index contributed by atoms with van der Waals surface area (Å²) in [5.74, 6) is -0.595. The first-order valence-electron chi connectivity index (χ1n) is 13.6. The lowest BCUT2D eigenvalue weighted by Crippen LogP contribution is -2.47. The Labute approximate surface area is 223 Å². The molecule has 6 nitrogen and oxygen atoms in total. The summed E-state index contributed by atoms with van der Waals surface area (Å²) in [6.07, 6.45) is 5.41. The lowest BCUT2D eigenvalue weighted by Gasteiger charge is -2.43. The molecule has 206 valence electrons. The molecule has 1 aliphatic rings. The van der Waals surface area contributed by atoms with E-state index >= 15 is 0 Å². The normalized spacial score (nSPS) is 23.2. The molecule has 7 atom stereocenters. The average molecular weight is 514 g/mol. The number of aliphatic hydroxyl groups is 1. The molecule has 6 heteroatoms. The fraction of sp³-hybridized carbons (Fsp3) is 0.613. The summed E-state index contributed by atoms with van der Waals surface area (Å²) in [5.41, 5.74) is 2.90. The highest BCUT2D eigenvalue weighted by molar-refractivity contribution is 5.86. The van der Waals surface area contributed by atoms with Crippen molar-refractivity contribution in [3.63, 3.8) is 0 Å². The Bertz CT molecular complexity index is 940. The highest BCUT2D eigenvalue weighted by atomic mass is 16.7. The van der Waals surface area contributed by atoms with Crippen LogP contribution in [0.15, 0.2) is 53.6 Å². The molecule has 1 N–H and O–H groups in total. The number of nitrogens with zero attached hydrogens (tertiary/aromatic N) is 1. The first-order chi connectivity index (χ1) is 17.5. The molecule has 1 saturated heterocycles. The predicted octanol–water partition coefficient (Wildman–Crippen LogP) is 6.09. The van der Waals surface area contributed by atoms with Crippen LogP contribution in [0.5, 0.6) is 0 Å². The second-order valence-corrected chi connectivity index (χ2v) is 10.7. The maximum atomic E-state index is 13.4. The van der Waals surface area contributed by atoms with Crippen molar-refractivity contribution in [1.29, 1.82) is 0 Å². The number of para-hydroxylation sites is 1. The van der Waals surface area contributed by atoms with E-state index in [1.54, 1.807) is 19.9 Å². The molecule has 0 amide bonds. The van der Waals surface area contributed by atoms with Crippen LogP contribution < -0.4 is 5.06 Å². The van der Waals surface area contributed by atoms with Crippen molar-refractivity contribution >= 4 is 17.3 Å². The maximum absolute atomic E-state index is 13.4. The van der Waals surface area contributed by atoms with Crippen LogP contribution in [0.2, 0.25) is 0 Å². The van der Waals surface area contributed by atoms with Gasteiger partial charge in [0.2, 0.25) is 0 Å². The van der Waals surface area contributed by atoms with E-state index in [1.165, 1.54) is 19.6 Å². The number of Topliss-reactive ketones (excluding diaryl/α,β-unsaturated/α-hetero) is 2. The molecule has 1 aromatic carbocycles. The molecule has 2 rings (SSSR count). The highest BCUT2D eigenvalue weighted by Gasteiger charge is 2.36. The molecule has 1 aromatic rings. The topological polar surface area (TPSA) is 76.1 Å². The smallest absolute Gasteiger partial charge is 0.167 e. The Morgan fingerprint density at radius 1 is 1.14 bits per heavy atom. The van der Waals surface area contributed by atoms with E-state index in [4.69, 9.17) is 9.57 Å². The van der Waals surface area contributed by atoms with Gasteiger partial charge in [-0.2, -0.15) is 0 Å². The Kier molecular flexibility index (Phi) is 12.2. The van der Waals surface area contributed by atoms with Crippen molar-refractivity contribution in [3.05, 3.63) is 53.6 Å². The monoisotopic (exact) mass is 513 g/mol. The van der Waals surface area contributed by atoms with Gasteiger partial charge in [-0.15, -0.1) is 0 Å². The molecular weight excluding hydrogens is 466 g/mol. The third-order valence-corrected chi connectivity index (χ3v) is 7.65. The van der Waals surface area contributed by atoms with Gasteiger partial charge in [0.25, 0.3) is 0 Å². The van der Waals surface area contributed by atoms with Gasteiger partial charge in [-0.1, -0.05) is 63.6 Å². The van der Waals surface area contributed by atoms with Gasteiger partial charge >= 0.3 is 0 Å². The molecule has 0 aromatic heterocycles. The Balaban J connectivity index is 2.16. The number of hydrogen-bond acceptors (Lipinski definition) is 6. The molecular formula is C31H47NO5. The van der Waals surface area contributed by atoms with Crippen LogP contribution in [-0.4, -0.2) is 48.1 Å².